The lowest BCUT2D eigenvalue weighted by Crippen LogP contribution is -2.16. The summed E-state index contributed by atoms with van der Waals surface area (Å²) in [5, 5.41) is 4.73. The van der Waals surface area contributed by atoms with Crippen LogP contribution in [-0.4, -0.2) is 14.8 Å². The van der Waals surface area contributed by atoms with E-state index in [2.05, 4.69) is 10.1 Å². The molecular formula is C9H8FN3OS. The fourth-order valence-electron chi connectivity index (χ4n) is 1.16. The van der Waals surface area contributed by atoms with Crippen molar-refractivity contribution < 1.29 is 4.39 Å². The molecule has 0 N–H and O–H groups in total. The van der Waals surface area contributed by atoms with Crippen LogP contribution in [0.5, 0.6) is 0 Å². The lowest BCUT2D eigenvalue weighted by molar-refractivity contribution is 0.609. The molecule has 0 saturated carbocycles. The second-order valence-corrected chi connectivity index (χ2v) is 4.16. The predicted octanol–water partition coefficient (Wildman–Crippen LogP) is 1.20. The fraction of sp³-hybridized carbons (Fsp3) is 0.222. The highest BCUT2D eigenvalue weighted by Gasteiger charge is 2.04. The number of rotatable bonds is 2. The van der Waals surface area contributed by atoms with Crippen molar-refractivity contribution in [2.24, 2.45) is 0 Å². The molecule has 4 nitrogen and oxygen atoms in total. The Morgan fingerprint density at radius 3 is 2.87 bits per heavy atom. The van der Waals surface area contributed by atoms with Gasteiger partial charge in [-0.2, -0.15) is 5.10 Å². The average Bonchev–Trinajstić information content (AvgIpc) is 2.49. The van der Waals surface area contributed by atoms with Crippen molar-refractivity contribution >= 4 is 11.3 Å². The molecule has 0 aromatic carbocycles. The molecule has 2 aromatic rings. The zero-order valence-electron chi connectivity index (χ0n) is 7.98. The molecule has 2 aromatic heterocycles. The van der Waals surface area contributed by atoms with E-state index in [1.54, 1.807) is 6.92 Å². The molecule has 0 aliphatic carbocycles. The summed E-state index contributed by atoms with van der Waals surface area (Å²) in [6, 6.07) is 2.85. The van der Waals surface area contributed by atoms with Gasteiger partial charge in [-0.15, -0.1) is 0 Å². The number of aromatic nitrogens is 3. The Hall–Kier alpha value is -1.56. The van der Waals surface area contributed by atoms with Gasteiger partial charge < -0.3 is 0 Å². The normalized spacial score (nSPS) is 10.5. The zero-order valence-corrected chi connectivity index (χ0v) is 8.79. The van der Waals surface area contributed by atoms with E-state index < -0.39 is 0 Å². The van der Waals surface area contributed by atoms with Gasteiger partial charge in [0.15, 0.2) is 0 Å². The molecule has 0 radical (unpaired) electrons. The number of hydrogen-bond donors (Lipinski definition) is 0. The van der Waals surface area contributed by atoms with Crippen LogP contribution in [0.15, 0.2) is 23.1 Å². The minimum absolute atomic E-state index is 0.126. The number of nitrogens with zero attached hydrogens (tertiary/aromatic N) is 3. The molecule has 0 aliphatic heterocycles. The Bertz CT molecular complexity index is 517. The first-order valence-corrected chi connectivity index (χ1v) is 5.12. The molecule has 0 amide bonds. The lowest BCUT2D eigenvalue weighted by Gasteiger charge is -1.98. The fourth-order valence-corrected chi connectivity index (χ4v) is 1.77. The van der Waals surface area contributed by atoms with Crippen LogP contribution < -0.4 is 4.87 Å². The molecule has 0 fully saturated rings. The Balaban J connectivity index is 2.25. The molecular weight excluding hydrogens is 217 g/mol. The molecule has 2 heterocycles. The van der Waals surface area contributed by atoms with Crippen molar-refractivity contribution in [3.8, 4) is 0 Å². The number of pyridine rings is 1. The van der Waals surface area contributed by atoms with Gasteiger partial charge in [-0.1, -0.05) is 11.3 Å². The third kappa shape index (κ3) is 2.27. The minimum Gasteiger partial charge on any atom is -0.256 e. The van der Waals surface area contributed by atoms with E-state index in [9.17, 15) is 9.18 Å². The maximum Gasteiger partial charge on any atom is 0.325 e. The predicted molar refractivity (Wildman–Crippen MR) is 54.4 cm³/mol. The zero-order chi connectivity index (χ0) is 10.8. The van der Waals surface area contributed by atoms with Crippen LogP contribution in [0.4, 0.5) is 4.39 Å². The van der Waals surface area contributed by atoms with Crippen molar-refractivity contribution in [3.05, 3.63) is 44.5 Å². The minimum atomic E-state index is -0.388. The molecule has 0 spiro atoms. The van der Waals surface area contributed by atoms with Crippen LogP contribution in [0, 0.1) is 12.7 Å². The molecule has 6 heteroatoms. The number of hydrogen-bond acceptors (Lipinski definition) is 4. The van der Waals surface area contributed by atoms with E-state index >= 15 is 0 Å². The highest BCUT2D eigenvalue weighted by atomic mass is 32.1. The van der Waals surface area contributed by atoms with Gasteiger partial charge in [0.25, 0.3) is 0 Å². The van der Waals surface area contributed by atoms with Gasteiger partial charge >= 0.3 is 4.87 Å². The van der Waals surface area contributed by atoms with Crippen LogP contribution >= 0.6 is 11.3 Å². The molecule has 0 aliphatic rings. The van der Waals surface area contributed by atoms with Gasteiger partial charge in [-0.25, -0.2) is 9.07 Å². The van der Waals surface area contributed by atoms with Crippen molar-refractivity contribution in [2.75, 3.05) is 0 Å². The van der Waals surface area contributed by atoms with E-state index in [4.69, 9.17) is 0 Å². The smallest absolute Gasteiger partial charge is 0.256 e. The standard InChI is InChI=1S/C9H8FN3OS/c1-6-12-13(9(14)15-6)5-8-3-2-7(10)4-11-8/h2-4H,5H2,1H3. The van der Waals surface area contributed by atoms with Crippen LogP contribution in [0.1, 0.15) is 10.7 Å². The van der Waals surface area contributed by atoms with Gasteiger partial charge in [0, 0.05) is 0 Å². The quantitative estimate of drug-likeness (QED) is 0.771. The van der Waals surface area contributed by atoms with Crippen LogP contribution in [0.2, 0.25) is 0 Å². The molecule has 2 rings (SSSR count). The Morgan fingerprint density at radius 1 is 1.53 bits per heavy atom. The van der Waals surface area contributed by atoms with E-state index in [1.807, 2.05) is 0 Å². The Labute approximate surface area is 89.0 Å². The number of halogens is 1. The second kappa shape index (κ2) is 3.90. The molecule has 0 bridgehead atoms. The largest absolute Gasteiger partial charge is 0.325 e. The molecule has 0 saturated heterocycles. The summed E-state index contributed by atoms with van der Waals surface area (Å²) >= 11 is 1.09. The van der Waals surface area contributed by atoms with Crippen molar-refractivity contribution in [1.82, 2.24) is 14.8 Å². The van der Waals surface area contributed by atoms with Crippen LogP contribution in [-0.2, 0) is 6.54 Å². The first-order valence-electron chi connectivity index (χ1n) is 4.30. The summed E-state index contributed by atoms with van der Waals surface area (Å²) < 4.78 is 13.9. The Morgan fingerprint density at radius 2 is 2.33 bits per heavy atom. The maximum atomic E-state index is 12.6. The van der Waals surface area contributed by atoms with Gasteiger partial charge in [0.1, 0.15) is 10.8 Å². The maximum absolute atomic E-state index is 12.6. The first-order chi connectivity index (χ1) is 7.15. The summed E-state index contributed by atoms with van der Waals surface area (Å²) in [5.74, 6) is -0.388. The number of aryl methyl sites for hydroxylation is 1. The second-order valence-electron chi connectivity index (χ2n) is 3.01. The summed E-state index contributed by atoms with van der Waals surface area (Å²) in [5.41, 5.74) is 0.615. The lowest BCUT2D eigenvalue weighted by atomic mass is 10.3. The Kier molecular flexibility index (Phi) is 2.59. The van der Waals surface area contributed by atoms with E-state index in [0.29, 0.717) is 10.7 Å². The summed E-state index contributed by atoms with van der Waals surface area (Å²) in [6.45, 7) is 2.05. The van der Waals surface area contributed by atoms with E-state index in [1.165, 1.54) is 16.8 Å². The molecule has 15 heavy (non-hydrogen) atoms. The van der Waals surface area contributed by atoms with Crippen molar-refractivity contribution in [1.29, 1.82) is 0 Å². The summed E-state index contributed by atoms with van der Waals surface area (Å²) in [4.78, 5) is 15.1. The van der Waals surface area contributed by atoms with Crippen LogP contribution in [0.25, 0.3) is 0 Å². The van der Waals surface area contributed by atoms with Gasteiger partial charge in [0.2, 0.25) is 0 Å². The monoisotopic (exact) mass is 225 g/mol. The van der Waals surface area contributed by atoms with Crippen molar-refractivity contribution in [3.63, 3.8) is 0 Å². The summed E-state index contributed by atoms with van der Waals surface area (Å²) in [7, 11) is 0. The third-order valence-corrected chi connectivity index (χ3v) is 2.57. The molecule has 0 atom stereocenters. The van der Waals surface area contributed by atoms with Gasteiger partial charge in [-0.05, 0) is 19.1 Å². The first kappa shape index (κ1) is 9.97. The van der Waals surface area contributed by atoms with E-state index in [-0.39, 0.29) is 17.2 Å². The third-order valence-electron chi connectivity index (χ3n) is 1.81. The van der Waals surface area contributed by atoms with Crippen LogP contribution in [0.3, 0.4) is 0 Å². The van der Waals surface area contributed by atoms with Gasteiger partial charge in [-0.3, -0.25) is 9.78 Å². The summed E-state index contributed by atoms with van der Waals surface area (Å²) in [6.07, 6.45) is 1.12. The molecule has 78 valence electrons. The topological polar surface area (TPSA) is 47.8 Å². The molecule has 0 unspecified atom stereocenters. The van der Waals surface area contributed by atoms with Crippen molar-refractivity contribution in [2.45, 2.75) is 13.5 Å². The SMILES string of the molecule is Cc1nn(Cc2ccc(F)cn2)c(=O)s1. The average molecular weight is 225 g/mol. The van der Waals surface area contributed by atoms with E-state index in [0.717, 1.165) is 17.5 Å². The van der Waals surface area contributed by atoms with Gasteiger partial charge in [0.05, 0.1) is 18.4 Å². The highest BCUT2D eigenvalue weighted by Crippen LogP contribution is 2.01. The highest BCUT2D eigenvalue weighted by molar-refractivity contribution is 7.08.